The number of hydrogen-bond donors (Lipinski definition) is 2. The molecule has 6 heteroatoms. The highest BCUT2D eigenvalue weighted by atomic mass is 19.1. The van der Waals surface area contributed by atoms with Gasteiger partial charge in [0.05, 0.1) is 23.2 Å². The maximum atomic E-state index is 13.4. The van der Waals surface area contributed by atoms with Crippen LogP contribution in [0.5, 0.6) is 0 Å². The first kappa shape index (κ1) is 16.6. The Bertz CT molecular complexity index is 950. The number of halogens is 1. The number of aliphatic hydroxyl groups excluding tert-OH is 1. The van der Waals surface area contributed by atoms with Crippen LogP contribution >= 0.6 is 0 Å². The standard InChI is InChI=1S/C21H21FN4O/c22-15-6-8-16(9-7-15)26-19(18-12-17(27)13-23-18)24-20(25-26)21(10-11-21)14-4-2-1-3-5-14/h1-9,17-18,23,27H,10-13H2/t17-,18+/m1/s1. The maximum Gasteiger partial charge on any atom is 0.161 e. The summed E-state index contributed by atoms with van der Waals surface area (Å²) in [7, 11) is 0. The first-order valence-electron chi connectivity index (χ1n) is 9.36. The lowest BCUT2D eigenvalue weighted by atomic mass is 9.95. The topological polar surface area (TPSA) is 63.0 Å². The van der Waals surface area contributed by atoms with Crippen LogP contribution in [0.25, 0.3) is 5.69 Å². The van der Waals surface area contributed by atoms with Gasteiger partial charge in [-0.25, -0.2) is 14.1 Å². The third-order valence-electron chi connectivity index (χ3n) is 5.63. The number of benzene rings is 2. The first-order chi connectivity index (χ1) is 13.2. The minimum atomic E-state index is -0.388. The van der Waals surface area contributed by atoms with E-state index in [0.717, 1.165) is 30.2 Å². The molecule has 5 rings (SSSR count). The molecule has 2 fully saturated rings. The van der Waals surface area contributed by atoms with Crippen LogP contribution in [0.2, 0.25) is 0 Å². The van der Waals surface area contributed by atoms with E-state index in [2.05, 4.69) is 17.4 Å². The normalized spacial score (nSPS) is 23.5. The van der Waals surface area contributed by atoms with Crippen LogP contribution in [0.3, 0.4) is 0 Å². The lowest BCUT2D eigenvalue weighted by Crippen LogP contribution is -2.18. The second kappa shape index (κ2) is 6.25. The Morgan fingerprint density at radius 3 is 2.44 bits per heavy atom. The Labute approximate surface area is 156 Å². The van der Waals surface area contributed by atoms with E-state index in [1.807, 2.05) is 18.2 Å². The van der Waals surface area contributed by atoms with Gasteiger partial charge in [-0.05, 0) is 49.1 Å². The van der Waals surface area contributed by atoms with Crippen LogP contribution in [0.1, 0.15) is 42.5 Å². The van der Waals surface area contributed by atoms with Crippen molar-refractivity contribution in [3.63, 3.8) is 0 Å². The summed E-state index contributed by atoms with van der Waals surface area (Å²) in [4.78, 5) is 4.92. The van der Waals surface area contributed by atoms with Gasteiger partial charge in [-0.1, -0.05) is 30.3 Å². The van der Waals surface area contributed by atoms with E-state index in [1.165, 1.54) is 17.7 Å². The molecular formula is C21H21FN4O. The Morgan fingerprint density at radius 1 is 1.07 bits per heavy atom. The Kier molecular flexibility index (Phi) is 3.84. The van der Waals surface area contributed by atoms with Crippen LogP contribution in [-0.2, 0) is 5.41 Å². The van der Waals surface area contributed by atoms with Crippen molar-refractivity contribution in [1.29, 1.82) is 0 Å². The average Bonchev–Trinajstić information content (AvgIpc) is 3.20. The van der Waals surface area contributed by atoms with Gasteiger partial charge in [0.1, 0.15) is 11.6 Å². The Morgan fingerprint density at radius 2 is 1.81 bits per heavy atom. The van der Waals surface area contributed by atoms with Crippen molar-refractivity contribution in [1.82, 2.24) is 20.1 Å². The molecule has 1 aromatic heterocycles. The quantitative estimate of drug-likeness (QED) is 0.747. The maximum absolute atomic E-state index is 13.4. The van der Waals surface area contributed by atoms with Crippen molar-refractivity contribution < 1.29 is 9.50 Å². The van der Waals surface area contributed by atoms with Crippen molar-refractivity contribution in [2.24, 2.45) is 0 Å². The van der Waals surface area contributed by atoms with Gasteiger partial charge in [-0.2, -0.15) is 0 Å². The van der Waals surface area contributed by atoms with Crippen molar-refractivity contribution in [2.45, 2.75) is 36.8 Å². The van der Waals surface area contributed by atoms with Gasteiger partial charge in [0, 0.05) is 6.54 Å². The van der Waals surface area contributed by atoms with E-state index >= 15 is 0 Å². The minimum Gasteiger partial charge on any atom is -0.392 e. The molecule has 1 saturated heterocycles. The highest BCUT2D eigenvalue weighted by Gasteiger charge is 2.50. The largest absolute Gasteiger partial charge is 0.392 e. The van der Waals surface area contributed by atoms with Gasteiger partial charge >= 0.3 is 0 Å². The predicted octanol–water partition coefficient (Wildman–Crippen LogP) is 2.88. The fraction of sp³-hybridized carbons (Fsp3) is 0.333. The summed E-state index contributed by atoms with van der Waals surface area (Å²) in [6, 6.07) is 16.6. The predicted molar refractivity (Wildman–Crippen MR) is 99.1 cm³/mol. The van der Waals surface area contributed by atoms with Crippen molar-refractivity contribution >= 4 is 0 Å². The molecule has 1 aliphatic carbocycles. The van der Waals surface area contributed by atoms with Gasteiger partial charge < -0.3 is 10.4 Å². The number of aromatic nitrogens is 3. The summed E-state index contributed by atoms with van der Waals surface area (Å²) < 4.78 is 15.2. The Hall–Kier alpha value is -2.57. The van der Waals surface area contributed by atoms with Crippen molar-refractivity contribution in [3.05, 3.63) is 77.6 Å². The minimum absolute atomic E-state index is 0.0714. The Balaban J connectivity index is 1.61. The molecule has 0 radical (unpaired) electrons. The number of nitrogens with one attached hydrogen (secondary N) is 1. The molecule has 2 aromatic carbocycles. The molecule has 3 aromatic rings. The van der Waals surface area contributed by atoms with Gasteiger partial charge in [0.2, 0.25) is 0 Å². The highest BCUT2D eigenvalue weighted by Crippen LogP contribution is 2.52. The van der Waals surface area contributed by atoms with E-state index < -0.39 is 0 Å². The molecule has 0 unspecified atom stereocenters. The highest BCUT2D eigenvalue weighted by molar-refractivity contribution is 5.41. The molecule has 27 heavy (non-hydrogen) atoms. The molecule has 1 saturated carbocycles. The SMILES string of the molecule is O[C@H]1CN[C@H](c2nc(C3(c4ccccc4)CC3)nn2-c2ccc(F)cc2)C1. The molecule has 0 bridgehead atoms. The molecule has 2 atom stereocenters. The molecule has 1 aliphatic heterocycles. The zero-order chi connectivity index (χ0) is 18.4. The van der Waals surface area contributed by atoms with E-state index in [0.29, 0.717) is 13.0 Å². The zero-order valence-corrected chi connectivity index (χ0v) is 14.8. The smallest absolute Gasteiger partial charge is 0.161 e. The van der Waals surface area contributed by atoms with Crippen LogP contribution in [-0.4, -0.2) is 32.5 Å². The van der Waals surface area contributed by atoms with E-state index in [1.54, 1.807) is 16.8 Å². The van der Waals surface area contributed by atoms with Crippen molar-refractivity contribution in [2.75, 3.05) is 6.54 Å². The second-order valence-corrected chi connectivity index (χ2v) is 7.48. The third kappa shape index (κ3) is 2.85. The summed E-state index contributed by atoms with van der Waals surface area (Å²) in [5, 5.41) is 18.1. The molecule has 5 nitrogen and oxygen atoms in total. The van der Waals surface area contributed by atoms with Gasteiger partial charge in [-0.15, -0.1) is 5.10 Å². The summed E-state index contributed by atoms with van der Waals surface area (Å²) in [6.45, 7) is 0.542. The second-order valence-electron chi connectivity index (χ2n) is 7.48. The van der Waals surface area contributed by atoms with E-state index in [4.69, 9.17) is 10.1 Å². The van der Waals surface area contributed by atoms with E-state index in [-0.39, 0.29) is 23.4 Å². The lowest BCUT2D eigenvalue weighted by Gasteiger charge is -2.11. The molecule has 0 spiro atoms. The van der Waals surface area contributed by atoms with Gasteiger partial charge in [-0.3, -0.25) is 0 Å². The van der Waals surface area contributed by atoms with Crippen LogP contribution in [0.15, 0.2) is 54.6 Å². The van der Waals surface area contributed by atoms with Gasteiger partial charge in [0.15, 0.2) is 5.82 Å². The molecule has 2 N–H and O–H groups in total. The van der Waals surface area contributed by atoms with Crippen molar-refractivity contribution in [3.8, 4) is 5.69 Å². The summed E-state index contributed by atoms with van der Waals surface area (Å²) in [5.74, 6) is 1.30. The molecular weight excluding hydrogens is 343 g/mol. The summed E-state index contributed by atoms with van der Waals surface area (Å²) >= 11 is 0. The van der Waals surface area contributed by atoms with E-state index in [9.17, 15) is 9.50 Å². The number of nitrogens with zero attached hydrogens (tertiary/aromatic N) is 3. The van der Waals surface area contributed by atoms with Crippen LogP contribution in [0, 0.1) is 5.82 Å². The molecule has 0 amide bonds. The molecule has 2 heterocycles. The summed E-state index contributed by atoms with van der Waals surface area (Å²) in [5.41, 5.74) is 1.86. The third-order valence-corrected chi connectivity index (χ3v) is 5.63. The molecule has 2 aliphatic rings. The zero-order valence-electron chi connectivity index (χ0n) is 14.8. The molecule has 138 valence electrons. The van der Waals surface area contributed by atoms with Crippen LogP contribution < -0.4 is 5.32 Å². The fourth-order valence-corrected chi connectivity index (χ4v) is 3.96. The monoisotopic (exact) mass is 364 g/mol. The first-order valence-corrected chi connectivity index (χ1v) is 9.36. The van der Waals surface area contributed by atoms with Crippen LogP contribution in [0.4, 0.5) is 4.39 Å². The van der Waals surface area contributed by atoms with Gasteiger partial charge in [0.25, 0.3) is 0 Å². The summed E-state index contributed by atoms with van der Waals surface area (Å²) in [6.07, 6.45) is 2.24. The fourth-order valence-electron chi connectivity index (χ4n) is 3.96. The average molecular weight is 364 g/mol. The lowest BCUT2D eigenvalue weighted by molar-refractivity contribution is 0.193. The number of rotatable bonds is 4. The number of aliphatic hydroxyl groups is 1. The number of hydrogen-bond acceptors (Lipinski definition) is 4. The number of β-amino-alcohol motifs (C(OH)–C–C–N with tert-alkyl or cyclic N) is 1.